The second-order valence-electron chi connectivity index (χ2n) is 5.48. The second kappa shape index (κ2) is 3.93. The number of hydrogen-bond acceptors (Lipinski definition) is 1. The monoisotopic (exact) mass is 217 g/mol. The van der Waals surface area contributed by atoms with Crippen molar-refractivity contribution in [3.05, 3.63) is 34.9 Å². The Balaban J connectivity index is 2.47. The molecule has 0 aromatic heterocycles. The van der Waals surface area contributed by atoms with E-state index in [0.717, 1.165) is 24.9 Å². The fourth-order valence-corrected chi connectivity index (χ4v) is 2.05. The van der Waals surface area contributed by atoms with Crippen molar-refractivity contribution in [1.29, 1.82) is 0 Å². The van der Waals surface area contributed by atoms with E-state index in [0.29, 0.717) is 0 Å². The van der Waals surface area contributed by atoms with Gasteiger partial charge in [0.25, 0.3) is 5.91 Å². The van der Waals surface area contributed by atoms with Gasteiger partial charge in [-0.05, 0) is 35.4 Å². The van der Waals surface area contributed by atoms with Gasteiger partial charge in [0.05, 0.1) is 0 Å². The van der Waals surface area contributed by atoms with Crippen LogP contribution in [0, 0.1) is 0 Å². The van der Waals surface area contributed by atoms with Gasteiger partial charge in [-0.1, -0.05) is 32.9 Å². The van der Waals surface area contributed by atoms with E-state index in [-0.39, 0.29) is 11.3 Å². The molecule has 0 fully saturated rings. The van der Waals surface area contributed by atoms with Crippen LogP contribution in [0.25, 0.3) is 0 Å². The van der Waals surface area contributed by atoms with Crippen molar-refractivity contribution in [2.24, 2.45) is 0 Å². The highest BCUT2D eigenvalue weighted by Gasteiger charge is 2.19. The first kappa shape index (κ1) is 11.2. The number of fused-ring (bicyclic) bond motifs is 1. The smallest absolute Gasteiger partial charge is 0.251 e. The first-order valence-corrected chi connectivity index (χ1v) is 5.90. The lowest BCUT2D eigenvalue weighted by molar-refractivity contribution is 0.0956. The van der Waals surface area contributed by atoms with E-state index in [2.05, 4.69) is 44.3 Å². The standard InChI is InChI=1S/C14H19NO/c1-14(2,3)11-7-6-10-5-4-8-15-13(16)12(10)9-11/h6-7,9H,4-5,8H2,1-3H3,(H,15,16). The predicted molar refractivity (Wildman–Crippen MR) is 65.8 cm³/mol. The zero-order valence-corrected chi connectivity index (χ0v) is 10.3. The van der Waals surface area contributed by atoms with Crippen LogP contribution in [0.2, 0.25) is 0 Å². The Morgan fingerprint density at radius 1 is 1.25 bits per heavy atom. The van der Waals surface area contributed by atoms with Gasteiger partial charge < -0.3 is 5.32 Å². The van der Waals surface area contributed by atoms with Crippen LogP contribution in [0.15, 0.2) is 18.2 Å². The maximum absolute atomic E-state index is 11.9. The third kappa shape index (κ3) is 2.11. The van der Waals surface area contributed by atoms with E-state index in [9.17, 15) is 4.79 Å². The Bertz CT molecular complexity index is 415. The van der Waals surface area contributed by atoms with E-state index in [1.165, 1.54) is 11.1 Å². The number of hydrogen-bond donors (Lipinski definition) is 1. The largest absolute Gasteiger partial charge is 0.352 e. The number of benzene rings is 1. The molecule has 1 N–H and O–H groups in total. The summed E-state index contributed by atoms with van der Waals surface area (Å²) >= 11 is 0. The molecule has 0 radical (unpaired) electrons. The molecule has 1 aromatic rings. The lowest BCUT2D eigenvalue weighted by Crippen LogP contribution is -2.23. The summed E-state index contributed by atoms with van der Waals surface area (Å²) in [5, 5.41) is 2.94. The van der Waals surface area contributed by atoms with Gasteiger partial charge in [-0.3, -0.25) is 4.79 Å². The van der Waals surface area contributed by atoms with Crippen molar-refractivity contribution < 1.29 is 4.79 Å². The molecule has 0 atom stereocenters. The highest BCUT2D eigenvalue weighted by atomic mass is 16.1. The second-order valence-corrected chi connectivity index (χ2v) is 5.48. The normalized spacial score (nSPS) is 16.3. The van der Waals surface area contributed by atoms with Crippen molar-refractivity contribution in [3.8, 4) is 0 Å². The summed E-state index contributed by atoms with van der Waals surface area (Å²) in [6.45, 7) is 7.30. The summed E-state index contributed by atoms with van der Waals surface area (Å²) < 4.78 is 0. The molecule has 86 valence electrons. The Morgan fingerprint density at radius 2 is 2.00 bits per heavy atom. The van der Waals surface area contributed by atoms with Gasteiger partial charge in [-0.25, -0.2) is 0 Å². The molecule has 1 aliphatic heterocycles. The number of aryl methyl sites for hydroxylation is 1. The highest BCUT2D eigenvalue weighted by molar-refractivity contribution is 5.96. The number of amides is 1. The fraction of sp³-hybridized carbons (Fsp3) is 0.500. The van der Waals surface area contributed by atoms with Crippen LogP contribution < -0.4 is 5.32 Å². The zero-order chi connectivity index (χ0) is 11.8. The molecule has 1 aliphatic rings. The minimum Gasteiger partial charge on any atom is -0.352 e. The van der Waals surface area contributed by atoms with Crippen molar-refractivity contribution in [3.63, 3.8) is 0 Å². The lowest BCUT2D eigenvalue weighted by Gasteiger charge is -2.20. The third-order valence-electron chi connectivity index (χ3n) is 3.13. The molecular formula is C14H19NO. The van der Waals surface area contributed by atoms with Gasteiger partial charge in [-0.15, -0.1) is 0 Å². The number of carbonyl (C=O) groups is 1. The summed E-state index contributed by atoms with van der Waals surface area (Å²) in [6.07, 6.45) is 2.03. The summed E-state index contributed by atoms with van der Waals surface area (Å²) in [4.78, 5) is 11.9. The molecule has 2 heteroatoms. The van der Waals surface area contributed by atoms with E-state index < -0.39 is 0 Å². The van der Waals surface area contributed by atoms with Gasteiger partial charge in [0, 0.05) is 12.1 Å². The number of nitrogens with one attached hydrogen (secondary N) is 1. The summed E-state index contributed by atoms with van der Waals surface area (Å²) in [7, 11) is 0. The Morgan fingerprint density at radius 3 is 2.69 bits per heavy atom. The van der Waals surface area contributed by atoms with Crippen molar-refractivity contribution in [2.75, 3.05) is 6.54 Å². The Kier molecular flexibility index (Phi) is 2.75. The first-order valence-electron chi connectivity index (χ1n) is 5.90. The molecule has 0 saturated carbocycles. The summed E-state index contributed by atoms with van der Waals surface area (Å²) in [5.74, 6) is 0.0820. The van der Waals surface area contributed by atoms with E-state index >= 15 is 0 Å². The molecule has 0 spiro atoms. The minimum atomic E-state index is 0.0820. The molecule has 1 amide bonds. The van der Waals surface area contributed by atoms with Crippen molar-refractivity contribution in [2.45, 2.75) is 39.0 Å². The average Bonchev–Trinajstić information content (AvgIpc) is 2.39. The van der Waals surface area contributed by atoms with Crippen LogP contribution in [0.4, 0.5) is 0 Å². The molecule has 0 bridgehead atoms. The quantitative estimate of drug-likeness (QED) is 0.711. The topological polar surface area (TPSA) is 29.1 Å². The van der Waals surface area contributed by atoms with E-state index in [4.69, 9.17) is 0 Å². The van der Waals surface area contributed by atoms with Gasteiger partial charge in [0.1, 0.15) is 0 Å². The fourth-order valence-electron chi connectivity index (χ4n) is 2.05. The average molecular weight is 217 g/mol. The van der Waals surface area contributed by atoms with Crippen LogP contribution in [-0.2, 0) is 11.8 Å². The zero-order valence-electron chi connectivity index (χ0n) is 10.3. The molecule has 2 rings (SSSR count). The van der Waals surface area contributed by atoms with Crippen molar-refractivity contribution >= 4 is 5.91 Å². The predicted octanol–water partition coefficient (Wildman–Crippen LogP) is 2.66. The molecule has 0 aliphatic carbocycles. The molecule has 0 saturated heterocycles. The van der Waals surface area contributed by atoms with Crippen LogP contribution in [0.5, 0.6) is 0 Å². The van der Waals surface area contributed by atoms with Gasteiger partial charge in [-0.2, -0.15) is 0 Å². The summed E-state index contributed by atoms with van der Waals surface area (Å²) in [6, 6.07) is 6.31. The lowest BCUT2D eigenvalue weighted by atomic mass is 9.85. The number of carbonyl (C=O) groups excluding carboxylic acids is 1. The van der Waals surface area contributed by atoms with Crippen molar-refractivity contribution in [1.82, 2.24) is 5.32 Å². The number of rotatable bonds is 0. The molecule has 2 nitrogen and oxygen atoms in total. The maximum Gasteiger partial charge on any atom is 0.251 e. The van der Waals surface area contributed by atoms with Gasteiger partial charge >= 0.3 is 0 Å². The Labute approximate surface area is 97.1 Å². The first-order chi connectivity index (χ1) is 7.48. The maximum atomic E-state index is 11.9. The van der Waals surface area contributed by atoms with Gasteiger partial charge in [0.15, 0.2) is 0 Å². The highest BCUT2D eigenvalue weighted by Crippen LogP contribution is 2.25. The molecule has 1 aromatic carbocycles. The minimum absolute atomic E-state index is 0.0820. The van der Waals surface area contributed by atoms with Gasteiger partial charge in [0.2, 0.25) is 0 Å². The van der Waals surface area contributed by atoms with Crippen LogP contribution in [0.1, 0.15) is 48.7 Å². The molecular weight excluding hydrogens is 198 g/mol. The SMILES string of the molecule is CC(C)(C)c1ccc2c(c1)C(=O)NCCC2. The third-order valence-corrected chi connectivity index (χ3v) is 3.13. The van der Waals surface area contributed by atoms with E-state index in [1.54, 1.807) is 0 Å². The Hall–Kier alpha value is -1.31. The molecule has 1 heterocycles. The van der Waals surface area contributed by atoms with Crippen LogP contribution >= 0.6 is 0 Å². The van der Waals surface area contributed by atoms with Crippen LogP contribution in [0.3, 0.4) is 0 Å². The van der Waals surface area contributed by atoms with Crippen LogP contribution in [-0.4, -0.2) is 12.5 Å². The molecule has 16 heavy (non-hydrogen) atoms. The van der Waals surface area contributed by atoms with E-state index in [1.807, 2.05) is 0 Å². The summed E-state index contributed by atoms with van der Waals surface area (Å²) in [5.41, 5.74) is 3.37. The molecule has 0 unspecified atom stereocenters.